The molecule has 4 heteroatoms. The molecule has 0 spiro atoms. The second-order valence-electron chi connectivity index (χ2n) is 3.64. The maximum absolute atomic E-state index is 13.3. The molecule has 0 amide bonds. The number of halogens is 2. The number of hydrogen-bond acceptors (Lipinski definition) is 2. The van der Waals surface area contributed by atoms with Crippen LogP contribution >= 0.6 is 15.9 Å². The summed E-state index contributed by atoms with van der Waals surface area (Å²) in [4.78, 5) is 0. The topological polar surface area (TPSA) is 21.3 Å². The SMILES string of the molecule is CNC1CCCOc2c(Br)cc(F)cc21. The monoisotopic (exact) mass is 273 g/mol. The number of hydrogen-bond donors (Lipinski definition) is 1. The number of nitrogens with one attached hydrogen (secondary N) is 1. The lowest BCUT2D eigenvalue weighted by Gasteiger charge is -2.16. The fraction of sp³-hybridized carbons (Fsp3) is 0.455. The lowest BCUT2D eigenvalue weighted by molar-refractivity contribution is 0.313. The van der Waals surface area contributed by atoms with E-state index in [-0.39, 0.29) is 11.9 Å². The molecule has 2 nitrogen and oxygen atoms in total. The van der Waals surface area contributed by atoms with Crippen LogP contribution in [0.2, 0.25) is 0 Å². The Morgan fingerprint density at radius 2 is 2.33 bits per heavy atom. The van der Waals surface area contributed by atoms with Gasteiger partial charge in [0.25, 0.3) is 0 Å². The first-order chi connectivity index (χ1) is 7.22. The van der Waals surface area contributed by atoms with E-state index in [9.17, 15) is 4.39 Å². The Morgan fingerprint density at radius 3 is 3.07 bits per heavy atom. The molecular weight excluding hydrogens is 261 g/mol. The molecule has 1 aliphatic rings. The summed E-state index contributed by atoms with van der Waals surface area (Å²) >= 11 is 3.33. The van der Waals surface area contributed by atoms with Crippen LogP contribution in [0.5, 0.6) is 5.75 Å². The Hall–Kier alpha value is -0.610. The first-order valence-electron chi connectivity index (χ1n) is 5.01. The average Bonchev–Trinajstić information content (AvgIpc) is 2.39. The minimum atomic E-state index is -0.230. The van der Waals surface area contributed by atoms with Crippen LogP contribution < -0.4 is 10.1 Å². The van der Waals surface area contributed by atoms with E-state index in [0.29, 0.717) is 11.1 Å². The maximum atomic E-state index is 13.3. The van der Waals surface area contributed by atoms with E-state index in [2.05, 4.69) is 21.2 Å². The van der Waals surface area contributed by atoms with Crippen molar-refractivity contribution in [3.63, 3.8) is 0 Å². The van der Waals surface area contributed by atoms with Crippen molar-refractivity contribution in [1.29, 1.82) is 0 Å². The number of benzene rings is 1. The van der Waals surface area contributed by atoms with Crippen LogP contribution in [0.4, 0.5) is 4.39 Å². The number of fused-ring (bicyclic) bond motifs is 1. The highest BCUT2D eigenvalue weighted by Crippen LogP contribution is 2.37. The van der Waals surface area contributed by atoms with Crippen molar-refractivity contribution in [3.8, 4) is 5.75 Å². The van der Waals surface area contributed by atoms with Crippen molar-refractivity contribution in [1.82, 2.24) is 5.32 Å². The summed E-state index contributed by atoms with van der Waals surface area (Å²) in [6, 6.07) is 3.16. The predicted octanol–water partition coefficient (Wildman–Crippen LogP) is 3.02. The van der Waals surface area contributed by atoms with Gasteiger partial charge in [-0.25, -0.2) is 4.39 Å². The quantitative estimate of drug-likeness (QED) is 0.850. The molecule has 2 rings (SSSR count). The van der Waals surface area contributed by atoms with E-state index < -0.39 is 0 Å². The largest absolute Gasteiger partial charge is 0.492 e. The lowest BCUT2D eigenvalue weighted by atomic mass is 10.0. The third kappa shape index (κ3) is 2.16. The van der Waals surface area contributed by atoms with Gasteiger partial charge in [0.15, 0.2) is 0 Å². The van der Waals surface area contributed by atoms with E-state index in [4.69, 9.17) is 4.74 Å². The Kier molecular flexibility index (Phi) is 3.26. The molecule has 1 atom stereocenters. The van der Waals surface area contributed by atoms with Gasteiger partial charge in [0.05, 0.1) is 11.1 Å². The molecule has 0 radical (unpaired) electrons. The van der Waals surface area contributed by atoms with Gasteiger partial charge in [0.2, 0.25) is 0 Å². The second-order valence-corrected chi connectivity index (χ2v) is 4.49. The molecule has 0 aromatic heterocycles. The predicted molar refractivity (Wildman–Crippen MR) is 60.6 cm³/mol. The molecule has 1 aliphatic heterocycles. The lowest BCUT2D eigenvalue weighted by Crippen LogP contribution is -2.15. The summed E-state index contributed by atoms with van der Waals surface area (Å²) in [5.41, 5.74) is 0.905. The summed E-state index contributed by atoms with van der Waals surface area (Å²) in [6.07, 6.45) is 1.95. The fourth-order valence-corrected chi connectivity index (χ4v) is 2.47. The van der Waals surface area contributed by atoms with Crippen LogP contribution in [0, 0.1) is 5.82 Å². The van der Waals surface area contributed by atoms with Crippen molar-refractivity contribution >= 4 is 15.9 Å². The first-order valence-corrected chi connectivity index (χ1v) is 5.80. The zero-order valence-corrected chi connectivity index (χ0v) is 10.1. The number of ether oxygens (including phenoxy) is 1. The standard InChI is InChI=1S/C11H13BrFNO/c1-14-10-3-2-4-15-11-8(10)5-7(13)6-9(11)12/h5-6,10,14H,2-4H2,1H3. The molecule has 0 saturated carbocycles. The third-order valence-electron chi connectivity index (χ3n) is 2.64. The molecule has 1 aromatic carbocycles. The highest BCUT2D eigenvalue weighted by atomic mass is 79.9. The Balaban J connectivity index is 2.50. The van der Waals surface area contributed by atoms with Crippen molar-refractivity contribution in [2.24, 2.45) is 0 Å². The van der Waals surface area contributed by atoms with Crippen molar-refractivity contribution in [2.75, 3.05) is 13.7 Å². The molecule has 0 aliphatic carbocycles. The zero-order chi connectivity index (χ0) is 10.8. The van der Waals surface area contributed by atoms with E-state index in [0.717, 1.165) is 24.2 Å². The highest BCUT2D eigenvalue weighted by Gasteiger charge is 2.21. The van der Waals surface area contributed by atoms with Gasteiger partial charge in [0.1, 0.15) is 11.6 Å². The molecule has 1 unspecified atom stereocenters. The van der Waals surface area contributed by atoms with Gasteiger partial charge < -0.3 is 10.1 Å². The summed E-state index contributed by atoms with van der Waals surface area (Å²) in [5.74, 6) is 0.541. The van der Waals surface area contributed by atoms with Crippen LogP contribution in [0.25, 0.3) is 0 Å². The summed E-state index contributed by atoms with van der Waals surface area (Å²) in [6.45, 7) is 0.690. The molecule has 1 N–H and O–H groups in total. The summed E-state index contributed by atoms with van der Waals surface area (Å²) in [7, 11) is 1.89. The Morgan fingerprint density at radius 1 is 1.53 bits per heavy atom. The van der Waals surface area contributed by atoms with E-state index in [1.807, 2.05) is 7.05 Å². The number of rotatable bonds is 1. The molecule has 1 aromatic rings. The Bertz CT molecular complexity index is 370. The van der Waals surface area contributed by atoms with Gasteiger partial charge in [-0.15, -0.1) is 0 Å². The van der Waals surface area contributed by atoms with Crippen molar-refractivity contribution in [3.05, 3.63) is 28.0 Å². The Labute approximate surface area is 96.9 Å². The molecular formula is C11H13BrFNO. The van der Waals surface area contributed by atoms with Crippen LogP contribution in [0.3, 0.4) is 0 Å². The molecule has 0 bridgehead atoms. The fourth-order valence-electron chi connectivity index (χ4n) is 1.91. The molecule has 82 valence electrons. The minimum Gasteiger partial charge on any atom is -0.492 e. The van der Waals surface area contributed by atoms with Crippen molar-refractivity contribution < 1.29 is 9.13 Å². The van der Waals surface area contributed by atoms with Gasteiger partial charge in [-0.1, -0.05) is 0 Å². The van der Waals surface area contributed by atoms with Gasteiger partial charge in [0, 0.05) is 11.6 Å². The van der Waals surface area contributed by atoms with Gasteiger partial charge in [-0.2, -0.15) is 0 Å². The first kappa shape index (κ1) is 10.9. The van der Waals surface area contributed by atoms with Crippen LogP contribution in [-0.2, 0) is 0 Å². The molecule has 1 heterocycles. The van der Waals surface area contributed by atoms with E-state index in [1.54, 1.807) is 6.07 Å². The second kappa shape index (κ2) is 4.49. The smallest absolute Gasteiger partial charge is 0.138 e. The summed E-state index contributed by atoms with van der Waals surface area (Å²) in [5, 5.41) is 3.19. The van der Waals surface area contributed by atoms with Crippen LogP contribution in [0.1, 0.15) is 24.4 Å². The average molecular weight is 274 g/mol. The van der Waals surface area contributed by atoms with Gasteiger partial charge in [-0.05, 0) is 48.0 Å². The van der Waals surface area contributed by atoms with E-state index in [1.165, 1.54) is 6.07 Å². The maximum Gasteiger partial charge on any atom is 0.138 e. The summed E-state index contributed by atoms with van der Waals surface area (Å²) < 4.78 is 19.6. The van der Waals surface area contributed by atoms with Gasteiger partial charge in [-0.3, -0.25) is 0 Å². The molecule has 0 fully saturated rings. The molecule has 15 heavy (non-hydrogen) atoms. The van der Waals surface area contributed by atoms with Crippen LogP contribution in [0.15, 0.2) is 16.6 Å². The molecule has 0 saturated heterocycles. The third-order valence-corrected chi connectivity index (χ3v) is 3.23. The normalized spacial score (nSPS) is 20.3. The van der Waals surface area contributed by atoms with E-state index >= 15 is 0 Å². The van der Waals surface area contributed by atoms with Crippen molar-refractivity contribution in [2.45, 2.75) is 18.9 Å². The van der Waals surface area contributed by atoms with Crippen LogP contribution in [-0.4, -0.2) is 13.7 Å². The van der Waals surface area contributed by atoms with Gasteiger partial charge >= 0.3 is 0 Å². The minimum absolute atomic E-state index is 0.175. The highest BCUT2D eigenvalue weighted by molar-refractivity contribution is 9.10. The zero-order valence-electron chi connectivity index (χ0n) is 8.52.